The molecule has 0 aliphatic rings. The maximum absolute atomic E-state index is 12.0. The number of carbonyl (C=O) groups excluding carboxylic acids is 1. The molecule has 0 aliphatic carbocycles. The number of hydrogen-bond acceptors (Lipinski definition) is 3. The number of amides is 1. The predicted octanol–water partition coefficient (Wildman–Crippen LogP) is 1.48. The molecule has 3 N–H and O–H groups in total. The first-order chi connectivity index (χ1) is 8.97. The second kappa shape index (κ2) is 5.26. The Morgan fingerprint density at radius 1 is 1.42 bits per heavy atom. The first-order valence-electron chi connectivity index (χ1n) is 6.28. The van der Waals surface area contributed by atoms with Gasteiger partial charge in [-0.25, -0.2) is 4.98 Å². The molecule has 0 saturated carbocycles. The van der Waals surface area contributed by atoms with Crippen LogP contribution in [0.3, 0.4) is 0 Å². The quantitative estimate of drug-likeness (QED) is 0.779. The maximum Gasteiger partial charge on any atom is 0.225 e. The van der Waals surface area contributed by atoms with Crippen LogP contribution < -0.4 is 5.32 Å². The van der Waals surface area contributed by atoms with Crippen molar-refractivity contribution in [3.8, 4) is 0 Å². The van der Waals surface area contributed by atoms with Gasteiger partial charge in [0, 0.05) is 23.1 Å². The van der Waals surface area contributed by atoms with Crippen molar-refractivity contribution in [1.82, 2.24) is 25.5 Å². The Hall–Kier alpha value is -2.11. The van der Waals surface area contributed by atoms with Crippen LogP contribution in [-0.2, 0) is 11.2 Å². The molecular weight excluding hydrogens is 242 g/mol. The molecule has 0 aromatic carbocycles. The monoisotopic (exact) mass is 261 g/mol. The number of hydrogen-bond donors (Lipinski definition) is 3. The Morgan fingerprint density at radius 3 is 2.68 bits per heavy atom. The second-order valence-corrected chi connectivity index (χ2v) is 4.83. The first kappa shape index (κ1) is 13.3. The van der Waals surface area contributed by atoms with Gasteiger partial charge in [0.1, 0.15) is 5.82 Å². The third-order valence-corrected chi connectivity index (χ3v) is 3.13. The molecule has 0 aliphatic heterocycles. The van der Waals surface area contributed by atoms with Crippen LogP contribution in [0.1, 0.15) is 41.4 Å². The molecule has 0 radical (unpaired) electrons. The van der Waals surface area contributed by atoms with E-state index in [1.165, 1.54) is 0 Å². The molecule has 0 unspecified atom stereocenters. The third-order valence-electron chi connectivity index (χ3n) is 3.13. The minimum Gasteiger partial charge on any atom is -0.346 e. The van der Waals surface area contributed by atoms with E-state index in [0.29, 0.717) is 6.42 Å². The highest BCUT2D eigenvalue weighted by Gasteiger charge is 2.15. The number of H-pyrrole nitrogens is 2. The Morgan fingerprint density at radius 2 is 2.16 bits per heavy atom. The molecular formula is C13H19N5O. The molecule has 2 heterocycles. The molecule has 0 saturated heterocycles. The van der Waals surface area contributed by atoms with E-state index in [0.717, 1.165) is 28.5 Å². The van der Waals surface area contributed by atoms with Crippen molar-refractivity contribution in [1.29, 1.82) is 0 Å². The highest BCUT2D eigenvalue weighted by molar-refractivity contribution is 5.79. The number of carbonyl (C=O) groups is 1. The molecule has 102 valence electrons. The van der Waals surface area contributed by atoms with Gasteiger partial charge in [0.15, 0.2) is 0 Å². The molecule has 19 heavy (non-hydrogen) atoms. The summed E-state index contributed by atoms with van der Waals surface area (Å²) in [5.74, 6) is 0.737. The van der Waals surface area contributed by atoms with Gasteiger partial charge in [0.25, 0.3) is 0 Å². The summed E-state index contributed by atoms with van der Waals surface area (Å²) in [4.78, 5) is 19.3. The molecule has 0 fully saturated rings. The van der Waals surface area contributed by atoms with Gasteiger partial charge >= 0.3 is 0 Å². The number of nitrogens with zero attached hydrogens (tertiary/aromatic N) is 2. The van der Waals surface area contributed by atoms with Crippen LogP contribution in [0.25, 0.3) is 0 Å². The van der Waals surface area contributed by atoms with E-state index in [-0.39, 0.29) is 11.9 Å². The molecule has 0 spiro atoms. The Balaban J connectivity index is 1.98. The van der Waals surface area contributed by atoms with Crippen molar-refractivity contribution in [2.45, 2.75) is 40.2 Å². The molecule has 6 nitrogen and oxygen atoms in total. The number of aromatic nitrogens is 4. The fourth-order valence-electron chi connectivity index (χ4n) is 2.01. The van der Waals surface area contributed by atoms with Crippen molar-refractivity contribution in [3.63, 3.8) is 0 Å². The summed E-state index contributed by atoms with van der Waals surface area (Å²) in [6.45, 7) is 7.65. The minimum atomic E-state index is -0.131. The Labute approximate surface area is 112 Å². The van der Waals surface area contributed by atoms with Crippen LogP contribution in [0.2, 0.25) is 0 Å². The molecule has 2 aromatic heterocycles. The molecule has 0 bridgehead atoms. The van der Waals surface area contributed by atoms with E-state index >= 15 is 0 Å². The van der Waals surface area contributed by atoms with Gasteiger partial charge in [-0.2, -0.15) is 5.10 Å². The second-order valence-electron chi connectivity index (χ2n) is 4.83. The van der Waals surface area contributed by atoms with Crippen molar-refractivity contribution in [2.24, 2.45) is 0 Å². The van der Waals surface area contributed by atoms with Crippen molar-refractivity contribution in [3.05, 3.63) is 34.7 Å². The first-order valence-corrected chi connectivity index (χ1v) is 6.28. The number of aromatic amines is 2. The number of imidazole rings is 1. The Bertz CT molecular complexity index is 564. The van der Waals surface area contributed by atoms with Crippen molar-refractivity contribution in [2.75, 3.05) is 0 Å². The summed E-state index contributed by atoms with van der Waals surface area (Å²) in [7, 11) is 0. The van der Waals surface area contributed by atoms with Crippen LogP contribution in [0, 0.1) is 20.8 Å². The summed E-state index contributed by atoms with van der Waals surface area (Å²) >= 11 is 0. The van der Waals surface area contributed by atoms with Crippen LogP contribution in [0.15, 0.2) is 6.20 Å². The summed E-state index contributed by atoms with van der Waals surface area (Å²) < 4.78 is 0. The van der Waals surface area contributed by atoms with E-state index in [4.69, 9.17) is 0 Å². The summed E-state index contributed by atoms with van der Waals surface area (Å²) in [5, 5.41) is 9.90. The van der Waals surface area contributed by atoms with Gasteiger partial charge in [-0.05, 0) is 27.7 Å². The zero-order chi connectivity index (χ0) is 14.0. The molecule has 2 aromatic rings. The van der Waals surface area contributed by atoms with Crippen LogP contribution in [-0.4, -0.2) is 26.1 Å². The average molecular weight is 261 g/mol. The average Bonchev–Trinajstić information content (AvgIpc) is 2.90. The zero-order valence-corrected chi connectivity index (χ0v) is 11.7. The zero-order valence-electron chi connectivity index (χ0n) is 11.7. The summed E-state index contributed by atoms with van der Waals surface area (Å²) in [6, 6.07) is -0.131. The number of aryl methyl sites for hydroxylation is 3. The minimum absolute atomic E-state index is 0.0332. The fourth-order valence-corrected chi connectivity index (χ4v) is 2.01. The van der Waals surface area contributed by atoms with Crippen molar-refractivity contribution < 1.29 is 4.79 Å². The third kappa shape index (κ3) is 3.01. The van der Waals surface area contributed by atoms with E-state index in [2.05, 4.69) is 25.5 Å². The normalized spacial score (nSPS) is 12.4. The van der Waals surface area contributed by atoms with Gasteiger partial charge in [-0.1, -0.05) is 0 Å². The fraction of sp³-hybridized carbons (Fsp3) is 0.462. The number of rotatable bonds is 4. The van der Waals surface area contributed by atoms with Gasteiger partial charge in [-0.3, -0.25) is 9.89 Å². The maximum atomic E-state index is 12.0. The molecule has 1 amide bonds. The van der Waals surface area contributed by atoms with Crippen LogP contribution in [0.4, 0.5) is 0 Å². The lowest BCUT2D eigenvalue weighted by molar-refractivity contribution is -0.121. The topological polar surface area (TPSA) is 86.5 Å². The van der Waals surface area contributed by atoms with E-state index in [1.54, 1.807) is 6.20 Å². The lowest BCUT2D eigenvalue weighted by Gasteiger charge is -2.11. The standard InChI is InChI=1S/C13H19N5O/c1-7-6-14-13(15-7)10(4)16-12(19)5-11-8(2)17-18-9(11)3/h6,10H,5H2,1-4H3,(H,14,15)(H,16,19)(H,17,18)/t10-/m0/s1. The van der Waals surface area contributed by atoms with Gasteiger partial charge < -0.3 is 10.3 Å². The SMILES string of the molecule is Cc1cnc([C@H](C)NC(=O)Cc2c(C)n[nH]c2C)[nH]1. The number of nitrogens with one attached hydrogen (secondary N) is 3. The van der Waals surface area contributed by atoms with Crippen LogP contribution >= 0.6 is 0 Å². The van der Waals surface area contributed by atoms with E-state index < -0.39 is 0 Å². The van der Waals surface area contributed by atoms with Crippen molar-refractivity contribution >= 4 is 5.91 Å². The van der Waals surface area contributed by atoms with E-state index in [1.807, 2.05) is 27.7 Å². The Kier molecular flexibility index (Phi) is 3.69. The highest BCUT2D eigenvalue weighted by atomic mass is 16.1. The molecule has 6 heteroatoms. The van der Waals surface area contributed by atoms with Crippen LogP contribution in [0.5, 0.6) is 0 Å². The highest BCUT2D eigenvalue weighted by Crippen LogP contribution is 2.12. The molecule has 1 atom stereocenters. The summed E-state index contributed by atoms with van der Waals surface area (Å²) in [5.41, 5.74) is 3.75. The van der Waals surface area contributed by atoms with Gasteiger partial charge in [-0.15, -0.1) is 0 Å². The predicted molar refractivity (Wildman–Crippen MR) is 71.6 cm³/mol. The van der Waals surface area contributed by atoms with Gasteiger partial charge in [0.05, 0.1) is 18.2 Å². The summed E-state index contributed by atoms with van der Waals surface area (Å²) in [6.07, 6.45) is 2.08. The lowest BCUT2D eigenvalue weighted by atomic mass is 10.1. The molecule has 2 rings (SSSR count). The van der Waals surface area contributed by atoms with Gasteiger partial charge in [0.2, 0.25) is 5.91 Å². The smallest absolute Gasteiger partial charge is 0.225 e. The largest absolute Gasteiger partial charge is 0.346 e. The van der Waals surface area contributed by atoms with E-state index in [9.17, 15) is 4.79 Å². The lowest BCUT2D eigenvalue weighted by Crippen LogP contribution is -2.29.